The highest BCUT2D eigenvalue weighted by atomic mass is 32.2. The van der Waals surface area contributed by atoms with Crippen molar-refractivity contribution in [1.82, 2.24) is 4.72 Å². The molecule has 6 heteroatoms. The maximum Gasteiger partial charge on any atom is 0.242 e. The molecule has 5 nitrogen and oxygen atoms in total. The number of para-hydroxylation sites is 1. The number of nitrogens with two attached hydrogens (primary N) is 1. The van der Waals surface area contributed by atoms with Crippen LogP contribution >= 0.6 is 0 Å². The summed E-state index contributed by atoms with van der Waals surface area (Å²) in [7, 11) is -2.07. The molecule has 0 aliphatic rings. The lowest BCUT2D eigenvalue weighted by Gasteiger charge is -2.26. The summed E-state index contributed by atoms with van der Waals surface area (Å²) in [6, 6.07) is 6.75. The topological polar surface area (TPSA) is 84.2 Å². The van der Waals surface area contributed by atoms with Gasteiger partial charge in [0.2, 0.25) is 10.0 Å². The van der Waals surface area contributed by atoms with Crippen LogP contribution in [-0.2, 0) is 10.0 Å². The molecule has 0 heterocycles. The Bertz CT molecular complexity index is 483. The van der Waals surface area contributed by atoms with Crippen molar-refractivity contribution in [3.8, 4) is 0 Å². The Morgan fingerprint density at radius 1 is 1.29 bits per heavy atom. The van der Waals surface area contributed by atoms with Gasteiger partial charge in [0.05, 0.1) is 5.69 Å². The van der Waals surface area contributed by atoms with Gasteiger partial charge in [-0.15, -0.1) is 0 Å². The van der Waals surface area contributed by atoms with Crippen LogP contribution in [0.3, 0.4) is 0 Å². The predicted molar refractivity (Wildman–Crippen MR) is 69.4 cm³/mol. The second kappa shape index (κ2) is 5.03. The van der Waals surface area contributed by atoms with Gasteiger partial charge in [-0.25, -0.2) is 13.1 Å². The molecule has 0 aromatic heterocycles. The van der Waals surface area contributed by atoms with E-state index in [1.807, 2.05) is 13.8 Å². The molecule has 96 valence electrons. The standard InChI is InChI=1S/C11H19N3O2S/c1-11(2,8-12)14-9-6-4-5-7-10(9)17(15,16)13-3/h4-7,13-14H,8,12H2,1-3H3. The van der Waals surface area contributed by atoms with E-state index in [1.54, 1.807) is 24.3 Å². The van der Waals surface area contributed by atoms with Crippen molar-refractivity contribution in [3.63, 3.8) is 0 Å². The number of rotatable bonds is 5. The van der Waals surface area contributed by atoms with Crippen molar-refractivity contribution in [1.29, 1.82) is 0 Å². The maximum absolute atomic E-state index is 11.8. The van der Waals surface area contributed by atoms with E-state index in [2.05, 4.69) is 10.0 Å². The number of sulfonamides is 1. The Morgan fingerprint density at radius 3 is 2.41 bits per heavy atom. The number of anilines is 1. The van der Waals surface area contributed by atoms with E-state index in [0.717, 1.165) is 0 Å². The van der Waals surface area contributed by atoms with Crippen LogP contribution in [0.25, 0.3) is 0 Å². The van der Waals surface area contributed by atoms with Gasteiger partial charge in [-0.1, -0.05) is 12.1 Å². The van der Waals surface area contributed by atoms with Crippen molar-refractivity contribution >= 4 is 15.7 Å². The zero-order valence-corrected chi connectivity index (χ0v) is 11.1. The van der Waals surface area contributed by atoms with Crippen LogP contribution < -0.4 is 15.8 Å². The Hall–Kier alpha value is -1.11. The lowest BCUT2D eigenvalue weighted by Crippen LogP contribution is -2.39. The number of benzene rings is 1. The molecule has 0 atom stereocenters. The van der Waals surface area contributed by atoms with Crippen molar-refractivity contribution in [2.24, 2.45) is 5.73 Å². The minimum absolute atomic E-state index is 0.226. The third kappa shape index (κ3) is 3.42. The first-order valence-electron chi connectivity index (χ1n) is 5.33. The number of hydrogen-bond donors (Lipinski definition) is 3. The normalized spacial score (nSPS) is 12.5. The monoisotopic (exact) mass is 257 g/mol. The lowest BCUT2D eigenvalue weighted by atomic mass is 10.1. The summed E-state index contributed by atoms with van der Waals surface area (Å²) in [5, 5.41) is 3.13. The fourth-order valence-electron chi connectivity index (χ4n) is 1.33. The molecule has 0 unspecified atom stereocenters. The molecule has 17 heavy (non-hydrogen) atoms. The summed E-state index contributed by atoms with van der Waals surface area (Å²) in [6.45, 7) is 4.23. The molecule has 4 N–H and O–H groups in total. The van der Waals surface area contributed by atoms with E-state index in [-0.39, 0.29) is 10.4 Å². The second-order valence-corrected chi connectivity index (χ2v) is 6.27. The van der Waals surface area contributed by atoms with E-state index >= 15 is 0 Å². The van der Waals surface area contributed by atoms with Gasteiger partial charge in [0.25, 0.3) is 0 Å². The van der Waals surface area contributed by atoms with Gasteiger partial charge < -0.3 is 11.1 Å². The first kappa shape index (κ1) is 14.0. The van der Waals surface area contributed by atoms with E-state index in [1.165, 1.54) is 7.05 Å². The molecule has 0 spiro atoms. The van der Waals surface area contributed by atoms with Gasteiger partial charge in [0.1, 0.15) is 4.90 Å². The molecule has 0 fully saturated rings. The molecule has 0 bridgehead atoms. The van der Waals surface area contributed by atoms with Crippen molar-refractivity contribution in [3.05, 3.63) is 24.3 Å². The summed E-state index contributed by atoms with van der Waals surface area (Å²) in [4.78, 5) is 0.226. The number of hydrogen-bond acceptors (Lipinski definition) is 4. The number of nitrogens with one attached hydrogen (secondary N) is 2. The first-order valence-corrected chi connectivity index (χ1v) is 6.81. The summed E-state index contributed by atoms with van der Waals surface area (Å²) < 4.78 is 25.9. The van der Waals surface area contributed by atoms with Gasteiger partial charge in [-0.3, -0.25) is 0 Å². The third-order valence-electron chi connectivity index (χ3n) is 2.43. The van der Waals surface area contributed by atoms with Crippen molar-refractivity contribution in [2.45, 2.75) is 24.3 Å². The van der Waals surface area contributed by atoms with Crippen LogP contribution in [0.5, 0.6) is 0 Å². The predicted octanol–water partition coefficient (Wildman–Crippen LogP) is 0.744. The molecule has 1 rings (SSSR count). The highest BCUT2D eigenvalue weighted by molar-refractivity contribution is 7.89. The highest BCUT2D eigenvalue weighted by Gasteiger charge is 2.21. The van der Waals surface area contributed by atoms with Crippen LogP contribution in [0, 0.1) is 0 Å². The van der Waals surface area contributed by atoms with Crippen LogP contribution in [0.4, 0.5) is 5.69 Å². The zero-order valence-electron chi connectivity index (χ0n) is 10.3. The molecule has 0 saturated heterocycles. The van der Waals surface area contributed by atoms with Crippen LogP contribution in [0.2, 0.25) is 0 Å². The van der Waals surface area contributed by atoms with E-state index in [0.29, 0.717) is 12.2 Å². The second-order valence-electron chi connectivity index (χ2n) is 4.42. The fourth-order valence-corrected chi connectivity index (χ4v) is 2.22. The smallest absolute Gasteiger partial charge is 0.242 e. The summed E-state index contributed by atoms with van der Waals surface area (Å²) >= 11 is 0. The lowest BCUT2D eigenvalue weighted by molar-refractivity contribution is 0.574. The van der Waals surface area contributed by atoms with Gasteiger partial charge in [-0.2, -0.15) is 0 Å². The molecule has 0 aliphatic heterocycles. The fraction of sp³-hybridized carbons (Fsp3) is 0.455. The van der Waals surface area contributed by atoms with Crippen molar-refractivity contribution in [2.75, 3.05) is 18.9 Å². The SMILES string of the molecule is CNS(=O)(=O)c1ccccc1NC(C)(C)CN. The Kier molecular flexibility index (Phi) is 4.13. The molecule has 0 aliphatic carbocycles. The molecule has 1 aromatic carbocycles. The van der Waals surface area contributed by atoms with Crippen molar-refractivity contribution < 1.29 is 8.42 Å². The molecular weight excluding hydrogens is 238 g/mol. The molecule has 0 amide bonds. The van der Waals surface area contributed by atoms with Crippen LogP contribution in [0.15, 0.2) is 29.2 Å². The molecule has 0 saturated carbocycles. The summed E-state index contributed by atoms with van der Waals surface area (Å²) in [5.41, 5.74) is 5.81. The highest BCUT2D eigenvalue weighted by Crippen LogP contribution is 2.23. The first-order chi connectivity index (χ1) is 7.82. The minimum Gasteiger partial charge on any atom is -0.378 e. The maximum atomic E-state index is 11.8. The third-order valence-corrected chi connectivity index (χ3v) is 3.90. The van der Waals surface area contributed by atoms with E-state index < -0.39 is 10.0 Å². The molecule has 1 aromatic rings. The Morgan fingerprint density at radius 2 is 1.88 bits per heavy atom. The molecular formula is C11H19N3O2S. The van der Waals surface area contributed by atoms with Crippen LogP contribution in [-0.4, -0.2) is 27.5 Å². The zero-order chi connectivity index (χ0) is 13.1. The largest absolute Gasteiger partial charge is 0.378 e. The summed E-state index contributed by atoms with van der Waals surface area (Å²) in [6.07, 6.45) is 0. The Balaban J connectivity index is 3.18. The summed E-state index contributed by atoms with van der Waals surface area (Å²) in [5.74, 6) is 0. The minimum atomic E-state index is -3.46. The van der Waals surface area contributed by atoms with Gasteiger partial charge in [0, 0.05) is 12.1 Å². The van der Waals surface area contributed by atoms with Crippen LogP contribution in [0.1, 0.15) is 13.8 Å². The van der Waals surface area contributed by atoms with E-state index in [9.17, 15) is 8.42 Å². The molecule has 0 radical (unpaired) electrons. The van der Waals surface area contributed by atoms with Gasteiger partial charge >= 0.3 is 0 Å². The average molecular weight is 257 g/mol. The van der Waals surface area contributed by atoms with E-state index in [4.69, 9.17) is 5.73 Å². The average Bonchev–Trinajstić information content (AvgIpc) is 2.29. The van der Waals surface area contributed by atoms with Gasteiger partial charge in [-0.05, 0) is 33.0 Å². The van der Waals surface area contributed by atoms with Gasteiger partial charge in [0.15, 0.2) is 0 Å². The Labute approximate surface area is 102 Å². The quantitative estimate of drug-likeness (QED) is 0.726.